The van der Waals surface area contributed by atoms with Crippen LogP contribution in [0.4, 0.5) is 20.2 Å². The molecule has 0 saturated carbocycles. The van der Waals surface area contributed by atoms with Crippen molar-refractivity contribution in [1.29, 1.82) is 0 Å². The lowest BCUT2D eigenvalue weighted by atomic mass is 9.90. The van der Waals surface area contributed by atoms with Crippen LogP contribution in [0.2, 0.25) is 0 Å². The molecule has 9 heteroatoms. The molecule has 5 rings (SSSR count). The van der Waals surface area contributed by atoms with Gasteiger partial charge in [0.25, 0.3) is 0 Å². The third kappa shape index (κ3) is 4.15. The number of benzene rings is 2. The third-order valence-corrected chi connectivity index (χ3v) is 6.44. The normalized spacial score (nSPS) is 18.2. The molecule has 2 aliphatic heterocycles. The summed E-state index contributed by atoms with van der Waals surface area (Å²) in [6.07, 6.45) is -0.00381. The highest BCUT2D eigenvalue weighted by atomic mass is 19.1. The zero-order chi connectivity index (χ0) is 25.6. The zero-order valence-corrected chi connectivity index (χ0v) is 20.0. The summed E-state index contributed by atoms with van der Waals surface area (Å²) in [7, 11) is 1.31. The summed E-state index contributed by atoms with van der Waals surface area (Å²) in [5, 5.41) is 0. The minimum Gasteiger partial charge on any atom is -0.465 e. The number of halogens is 2. The first-order valence-corrected chi connectivity index (χ1v) is 11.4. The molecule has 0 bridgehead atoms. The van der Waals surface area contributed by atoms with Crippen molar-refractivity contribution in [3.8, 4) is 11.3 Å². The van der Waals surface area contributed by atoms with Crippen LogP contribution in [0.15, 0.2) is 58.3 Å². The fourth-order valence-electron chi connectivity index (χ4n) is 4.54. The van der Waals surface area contributed by atoms with Crippen molar-refractivity contribution in [3.05, 3.63) is 81.6 Å². The van der Waals surface area contributed by atoms with Gasteiger partial charge in [0.15, 0.2) is 5.69 Å². The van der Waals surface area contributed by atoms with Crippen LogP contribution in [-0.2, 0) is 15.9 Å². The number of hydrogen-bond acceptors (Lipinski definition) is 5. The second-order valence-corrected chi connectivity index (χ2v) is 9.41. The molecule has 0 spiro atoms. The van der Waals surface area contributed by atoms with Crippen LogP contribution < -0.4 is 5.56 Å². The van der Waals surface area contributed by atoms with Gasteiger partial charge in [0.05, 0.1) is 31.4 Å². The van der Waals surface area contributed by atoms with Crippen LogP contribution >= 0.6 is 0 Å². The fourth-order valence-corrected chi connectivity index (χ4v) is 4.54. The topological polar surface area (TPSA) is 83.8 Å². The van der Waals surface area contributed by atoms with E-state index < -0.39 is 23.2 Å². The van der Waals surface area contributed by atoms with Crippen molar-refractivity contribution in [2.75, 3.05) is 20.3 Å². The molecule has 2 aromatic carbocycles. The van der Waals surface area contributed by atoms with Gasteiger partial charge in [-0.15, -0.1) is 0 Å². The summed E-state index contributed by atoms with van der Waals surface area (Å²) >= 11 is 0. The standard InChI is InChI=1S/C27H23F2N3O4/c1-27(2)14-36-13-23(27)32-22-10-15(26(34)35-3)7-8-21(22)30-24(32)11-16-9-19(29)17(12-18(16)28)20-5-4-6-25(33)31-20/h4-10,12H,11,13-14H2,1-3H3/p+1. The van der Waals surface area contributed by atoms with Gasteiger partial charge in [-0.2, -0.15) is 4.58 Å². The average Bonchev–Trinajstić information content (AvgIpc) is 3.37. The van der Waals surface area contributed by atoms with E-state index in [0.717, 1.165) is 17.8 Å². The maximum absolute atomic E-state index is 15.2. The molecule has 7 nitrogen and oxygen atoms in total. The molecule has 184 valence electrons. The minimum atomic E-state index is -0.666. The Bertz CT molecular complexity index is 1520. The highest BCUT2D eigenvalue weighted by Gasteiger charge is 2.42. The van der Waals surface area contributed by atoms with E-state index in [1.165, 1.54) is 25.3 Å². The van der Waals surface area contributed by atoms with Gasteiger partial charge in [-0.25, -0.2) is 13.6 Å². The van der Waals surface area contributed by atoms with Crippen molar-refractivity contribution >= 4 is 28.9 Å². The summed E-state index contributed by atoms with van der Waals surface area (Å²) in [6, 6.07) is 11.5. The molecule has 36 heavy (non-hydrogen) atoms. The first-order valence-electron chi connectivity index (χ1n) is 11.4. The van der Waals surface area contributed by atoms with Crippen LogP contribution in [0.1, 0.15) is 29.8 Å². The molecule has 0 aliphatic carbocycles. The summed E-state index contributed by atoms with van der Waals surface area (Å²) in [5.74, 6) is -1.29. The number of esters is 1. The lowest BCUT2D eigenvalue weighted by Gasteiger charge is -2.17. The number of amidine groups is 1. The van der Waals surface area contributed by atoms with Crippen molar-refractivity contribution < 1.29 is 27.6 Å². The number of H-pyrrole nitrogens is 1. The van der Waals surface area contributed by atoms with Gasteiger partial charge >= 0.3 is 11.8 Å². The number of nitrogens with one attached hydrogen (secondary N) is 1. The average molecular weight is 493 g/mol. The number of aromatic nitrogens is 1. The van der Waals surface area contributed by atoms with Crippen molar-refractivity contribution in [3.63, 3.8) is 0 Å². The zero-order valence-electron chi connectivity index (χ0n) is 20.0. The smallest absolute Gasteiger partial charge is 0.338 e. The van der Waals surface area contributed by atoms with E-state index in [2.05, 4.69) is 4.98 Å². The Balaban J connectivity index is 1.59. The number of fused-ring (bicyclic) bond motifs is 1. The Labute approximate surface area is 205 Å². The SMILES string of the molecule is COC(=O)c1ccc2c(c1)[N+](=C1COCC1(C)C)C(Cc1cc(F)c(-c3cccc(=O)[nH]3)cc1F)=N2. The molecule has 0 radical (unpaired) electrons. The van der Waals surface area contributed by atoms with E-state index in [9.17, 15) is 9.59 Å². The predicted octanol–water partition coefficient (Wildman–Crippen LogP) is 4.53. The van der Waals surface area contributed by atoms with Gasteiger partial charge in [-0.1, -0.05) is 19.9 Å². The quantitative estimate of drug-likeness (QED) is 0.428. The van der Waals surface area contributed by atoms with Crippen LogP contribution in [0.25, 0.3) is 11.3 Å². The molecule has 0 atom stereocenters. The molecule has 1 saturated heterocycles. The van der Waals surface area contributed by atoms with Crippen molar-refractivity contribution in [2.45, 2.75) is 20.3 Å². The molecule has 3 heterocycles. The number of carbonyl (C=O) groups excluding carboxylic acids is 1. The van der Waals surface area contributed by atoms with Crippen molar-refractivity contribution in [2.24, 2.45) is 10.4 Å². The molecule has 3 aromatic rings. The molecule has 0 unspecified atom stereocenters. The van der Waals surface area contributed by atoms with Crippen molar-refractivity contribution in [1.82, 2.24) is 4.98 Å². The van der Waals surface area contributed by atoms with Crippen LogP contribution in [-0.4, -0.2) is 47.4 Å². The number of hydrogen-bond donors (Lipinski definition) is 1. The molecule has 0 amide bonds. The van der Waals surface area contributed by atoms with Gasteiger partial charge < -0.3 is 14.5 Å². The van der Waals surface area contributed by atoms with Gasteiger partial charge in [-0.05, 0) is 35.3 Å². The van der Waals surface area contributed by atoms with Gasteiger partial charge in [0.1, 0.15) is 24.0 Å². The molecular weight excluding hydrogens is 468 g/mol. The Morgan fingerprint density at radius 1 is 1.17 bits per heavy atom. The van der Waals surface area contributed by atoms with E-state index >= 15 is 8.78 Å². The largest absolute Gasteiger partial charge is 0.465 e. The first-order chi connectivity index (χ1) is 17.2. The van der Waals surface area contributed by atoms with E-state index in [1.54, 1.807) is 18.2 Å². The summed E-state index contributed by atoms with van der Waals surface area (Å²) in [6.45, 7) is 4.89. The third-order valence-electron chi connectivity index (χ3n) is 6.44. The minimum absolute atomic E-state index is 0.00381. The predicted molar refractivity (Wildman–Crippen MR) is 131 cm³/mol. The monoisotopic (exact) mass is 492 g/mol. The maximum atomic E-state index is 15.2. The van der Waals surface area contributed by atoms with Crippen LogP contribution in [0.3, 0.4) is 0 Å². The van der Waals surface area contributed by atoms with Crippen LogP contribution in [0.5, 0.6) is 0 Å². The second-order valence-electron chi connectivity index (χ2n) is 9.41. The Morgan fingerprint density at radius 3 is 2.67 bits per heavy atom. The van der Waals surface area contributed by atoms with E-state index in [4.69, 9.17) is 14.5 Å². The number of aromatic amines is 1. The highest BCUT2D eigenvalue weighted by Crippen LogP contribution is 2.39. The maximum Gasteiger partial charge on any atom is 0.338 e. The Kier molecular flexibility index (Phi) is 5.88. The summed E-state index contributed by atoms with van der Waals surface area (Å²) in [5.41, 5.74) is 2.03. The van der Waals surface area contributed by atoms with Gasteiger partial charge in [0, 0.05) is 28.7 Å². The number of carbonyl (C=O) groups is 1. The van der Waals surface area contributed by atoms with Gasteiger partial charge in [-0.3, -0.25) is 4.79 Å². The summed E-state index contributed by atoms with van der Waals surface area (Å²) in [4.78, 5) is 31.0. The summed E-state index contributed by atoms with van der Waals surface area (Å²) < 4.78 is 42.8. The highest BCUT2D eigenvalue weighted by molar-refractivity contribution is 6.00. The number of aliphatic imine (C=N–C) groups is 1. The fraction of sp³-hybridized carbons (Fsp3) is 0.259. The Morgan fingerprint density at radius 2 is 1.97 bits per heavy atom. The van der Waals surface area contributed by atoms with Crippen LogP contribution in [0, 0.1) is 17.0 Å². The number of methoxy groups -OCH3 is 1. The van der Waals surface area contributed by atoms with Gasteiger partial charge in [0.2, 0.25) is 11.2 Å². The number of rotatable bonds is 4. The molecule has 1 N–H and O–H groups in total. The number of nitrogens with zero attached hydrogens (tertiary/aromatic N) is 2. The molecule has 2 aliphatic rings. The first kappa shape index (κ1) is 23.7. The Hall–Kier alpha value is -3.98. The second kappa shape index (κ2) is 8.91. The lowest BCUT2D eigenvalue weighted by Crippen LogP contribution is -2.33. The van der Waals surface area contributed by atoms with E-state index in [1.807, 2.05) is 18.4 Å². The van der Waals surface area contributed by atoms with E-state index in [0.29, 0.717) is 36.0 Å². The number of ether oxygens (including phenoxy) is 2. The number of pyridine rings is 1. The van der Waals surface area contributed by atoms with E-state index in [-0.39, 0.29) is 28.7 Å². The lowest BCUT2D eigenvalue weighted by molar-refractivity contribution is -0.309. The molecule has 1 fully saturated rings. The molecular formula is C27H24F2N3O4+. The molecule has 1 aromatic heterocycles.